The fourth-order valence-electron chi connectivity index (χ4n) is 1.67. The Bertz CT molecular complexity index is 741. The lowest BCUT2D eigenvalue weighted by Crippen LogP contribution is -2.10. The van der Waals surface area contributed by atoms with Crippen molar-refractivity contribution in [3.05, 3.63) is 59.5 Å². The van der Waals surface area contributed by atoms with Crippen molar-refractivity contribution < 1.29 is 13.2 Å². The third-order valence-electron chi connectivity index (χ3n) is 2.75. The molecule has 0 heterocycles. The van der Waals surface area contributed by atoms with Crippen LogP contribution in [0.1, 0.15) is 5.56 Å². The molecule has 0 unspecified atom stereocenters. The highest BCUT2D eigenvalue weighted by Crippen LogP contribution is 2.25. The summed E-state index contributed by atoms with van der Waals surface area (Å²) in [6.07, 6.45) is 1.51. The molecule has 0 spiro atoms. The second-order valence-corrected chi connectivity index (χ2v) is 5.88. The molecule has 2 rings (SSSR count). The van der Waals surface area contributed by atoms with E-state index in [4.69, 9.17) is 10.5 Å². The van der Waals surface area contributed by atoms with Gasteiger partial charge in [-0.1, -0.05) is 30.3 Å². The maximum Gasteiger partial charge on any atom is 0.255 e. The van der Waals surface area contributed by atoms with Gasteiger partial charge >= 0.3 is 0 Å². The molecule has 0 amide bonds. The molecule has 0 aliphatic carbocycles. The lowest BCUT2D eigenvalue weighted by Gasteiger charge is -2.09. The Labute approximate surface area is 124 Å². The summed E-state index contributed by atoms with van der Waals surface area (Å²) in [6, 6.07) is 13.9. The topological polar surface area (TPSA) is 81.4 Å². The molecule has 0 bridgehead atoms. The van der Waals surface area contributed by atoms with Gasteiger partial charge in [-0.05, 0) is 23.8 Å². The smallest absolute Gasteiger partial charge is 0.255 e. The highest BCUT2D eigenvalue weighted by molar-refractivity contribution is 7.95. The van der Waals surface area contributed by atoms with Crippen molar-refractivity contribution >= 4 is 27.5 Å². The van der Waals surface area contributed by atoms with Gasteiger partial charge in [-0.25, -0.2) is 8.42 Å². The van der Waals surface area contributed by atoms with Crippen LogP contribution in [0.5, 0.6) is 5.75 Å². The Morgan fingerprint density at radius 1 is 1.14 bits per heavy atom. The molecule has 0 aromatic heterocycles. The van der Waals surface area contributed by atoms with Crippen LogP contribution in [-0.4, -0.2) is 15.5 Å². The van der Waals surface area contributed by atoms with Crippen molar-refractivity contribution in [3.63, 3.8) is 0 Å². The number of nitrogens with two attached hydrogens (primary N) is 1. The monoisotopic (exact) mass is 304 g/mol. The van der Waals surface area contributed by atoms with E-state index >= 15 is 0 Å². The zero-order chi connectivity index (χ0) is 15.3. The van der Waals surface area contributed by atoms with E-state index in [-0.39, 0.29) is 5.69 Å². The normalized spacial score (nSPS) is 11.5. The van der Waals surface area contributed by atoms with Gasteiger partial charge in [0.05, 0.1) is 23.9 Å². The molecular formula is C15H16N2O3S. The molecule has 5 nitrogen and oxygen atoms in total. The maximum atomic E-state index is 12.0. The SMILES string of the molecule is COc1ccc(N)c(NS(=O)(=O)C=Cc2ccccc2)c1. The van der Waals surface area contributed by atoms with Crippen LogP contribution >= 0.6 is 0 Å². The van der Waals surface area contributed by atoms with Crippen LogP contribution in [0.3, 0.4) is 0 Å². The summed E-state index contributed by atoms with van der Waals surface area (Å²) < 4.78 is 31.5. The second-order valence-electron chi connectivity index (χ2n) is 4.31. The van der Waals surface area contributed by atoms with E-state index in [1.165, 1.54) is 19.3 Å². The van der Waals surface area contributed by atoms with E-state index in [0.29, 0.717) is 11.4 Å². The molecule has 0 radical (unpaired) electrons. The highest BCUT2D eigenvalue weighted by Gasteiger charge is 2.09. The predicted molar refractivity (Wildman–Crippen MR) is 85.4 cm³/mol. The first-order valence-electron chi connectivity index (χ1n) is 6.19. The van der Waals surface area contributed by atoms with Crippen molar-refractivity contribution in [1.29, 1.82) is 0 Å². The minimum absolute atomic E-state index is 0.284. The lowest BCUT2D eigenvalue weighted by atomic mass is 10.2. The molecule has 21 heavy (non-hydrogen) atoms. The largest absolute Gasteiger partial charge is 0.497 e. The second kappa shape index (κ2) is 6.32. The molecule has 6 heteroatoms. The minimum Gasteiger partial charge on any atom is -0.497 e. The molecular weight excluding hydrogens is 288 g/mol. The van der Waals surface area contributed by atoms with E-state index < -0.39 is 10.0 Å². The number of sulfonamides is 1. The number of hydrogen-bond acceptors (Lipinski definition) is 4. The molecule has 2 aromatic rings. The number of anilines is 2. The Balaban J connectivity index is 2.20. The maximum absolute atomic E-state index is 12.0. The number of methoxy groups -OCH3 is 1. The fourth-order valence-corrected chi connectivity index (χ4v) is 2.56. The van der Waals surface area contributed by atoms with Gasteiger partial charge in [-0.15, -0.1) is 0 Å². The molecule has 0 aliphatic heterocycles. The third-order valence-corrected chi connectivity index (χ3v) is 3.75. The van der Waals surface area contributed by atoms with E-state index in [2.05, 4.69) is 4.72 Å². The quantitative estimate of drug-likeness (QED) is 0.832. The summed E-state index contributed by atoms with van der Waals surface area (Å²) in [4.78, 5) is 0. The van der Waals surface area contributed by atoms with Crippen LogP contribution in [0.25, 0.3) is 6.08 Å². The Morgan fingerprint density at radius 3 is 2.52 bits per heavy atom. The lowest BCUT2D eigenvalue weighted by molar-refractivity contribution is 0.415. The van der Waals surface area contributed by atoms with Crippen molar-refractivity contribution in [3.8, 4) is 5.75 Å². The molecule has 0 fully saturated rings. The molecule has 110 valence electrons. The van der Waals surface area contributed by atoms with Crippen LogP contribution in [0.4, 0.5) is 11.4 Å². The van der Waals surface area contributed by atoms with Gasteiger partial charge in [0.15, 0.2) is 0 Å². The first-order valence-corrected chi connectivity index (χ1v) is 7.74. The van der Waals surface area contributed by atoms with E-state index in [9.17, 15) is 8.42 Å². The standard InChI is InChI=1S/C15H16N2O3S/c1-20-13-7-8-14(16)15(11-13)17-21(18,19)10-9-12-5-3-2-4-6-12/h2-11,17H,16H2,1H3. The minimum atomic E-state index is -3.65. The number of rotatable bonds is 5. The van der Waals surface area contributed by atoms with E-state index in [1.807, 2.05) is 30.3 Å². The summed E-state index contributed by atoms with van der Waals surface area (Å²) in [7, 11) is -2.15. The average Bonchev–Trinajstić information content (AvgIpc) is 2.48. The zero-order valence-electron chi connectivity index (χ0n) is 11.5. The van der Waals surface area contributed by atoms with Crippen LogP contribution in [-0.2, 0) is 10.0 Å². The molecule has 0 saturated carbocycles. The van der Waals surface area contributed by atoms with Crippen molar-refractivity contribution in [2.75, 3.05) is 17.6 Å². The van der Waals surface area contributed by atoms with Gasteiger partial charge in [-0.2, -0.15) is 0 Å². The van der Waals surface area contributed by atoms with E-state index in [0.717, 1.165) is 11.0 Å². The number of nitrogens with one attached hydrogen (secondary N) is 1. The summed E-state index contributed by atoms with van der Waals surface area (Å²) in [5, 5.41) is 1.10. The van der Waals surface area contributed by atoms with Crippen LogP contribution < -0.4 is 15.2 Å². The van der Waals surface area contributed by atoms with Crippen LogP contribution in [0.2, 0.25) is 0 Å². The fraction of sp³-hybridized carbons (Fsp3) is 0.0667. The Morgan fingerprint density at radius 2 is 1.86 bits per heavy atom. The third kappa shape index (κ3) is 4.25. The molecule has 3 N–H and O–H groups in total. The summed E-state index contributed by atoms with van der Waals surface area (Å²) in [5.74, 6) is 0.522. The van der Waals surface area contributed by atoms with Crippen molar-refractivity contribution in [2.45, 2.75) is 0 Å². The highest BCUT2D eigenvalue weighted by atomic mass is 32.2. The number of benzene rings is 2. The average molecular weight is 304 g/mol. The summed E-state index contributed by atoms with van der Waals surface area (Å²) >= 11 is 0. The van der Waals surface area contributed by atoms with Gasteiger partial charge in [0.25, 0.3) is 10.0 Å². The molecule has 0 saturated heterocycles. The van der Waals surface area contributed by atoms with Crippen molar-refractivity contribution in [1.82, 2.24) is 0 Å². The molecule has 0 aliphatic rings. The summed E-state index contributed by atoms with van der Waals surface area (Å²) in [6.45, 7) is 0. The first kappa shape index (κ1) is 14.9. The number of hydrogen-bond donors (Lipinski definition) is 2. The predicted octanol–water partition coefficient (Wildman–Crippen LogP) is 2.69. The van der Waals surface area contributed by atoms with E-state index in [1.54, 1.807) is 12.1 Å². The Kier molecular flexibility index (Phi) is 4.49. The van der Waals surface area contributed by atoms with Crippen LogP contribution in [0.15, 0.2) is 53.9 Å². The summed E-state index contributed by atoms with van der Waals surface area (Å²) in [5.41, 5.74) is 7.16. The van der Waals surface area contributed by atoms with Gasteiger partial charge in [0.2, 0.25) is 0 Å². The van der Waals surface area contributed by atoms with Gasteiger partial charge in [0.1, 0.15) is 5.75 Å². The van der Waals surface area contributed by atoms with Gasteiger partial charge in [0, 0.05) is 6.07 Å². The zero-order valence-corrected chi connectivity index (χ0v) is 12.3. The Hall–Kier alpha value is -2.47. The van der Waals surface area contributed by atoms with Crippen molar-refractivity contribution in [2.24, 2.45) is 0 Å². The molecule has 2 aromatic carbocycles. The number of nitrogen functional groups attached to an aromatic ring is 1. The first-order chi connectivity index (χ1) is 10.00. The number of ether oxygens (including phenoxy) is 1. The molecule has 0 atom stereocenters. The van der Waals surface area contributed by atoms with Crippen LogP contribution in [0, 0.1) is 0 Å². The van der Waals surface area contributed by atoms with Gasteiger partial charge < -0.3 is 10.5 Å². The van der Waals surface area contributed by atoms with Gasteiger partial charge in [-0.3, -0.25) is 4.72 Å².